The van der Waals surface area contributed by atoms with Crippen molar-refractivity contribution in [2.24, 2.45) is 5.92 Å². The van der Waals surface area contributed by atoms with E-state index >= 15 is 0 Å². The van der Waals surface area contributed by atoms with Gasteiger partial charge in [0.05, 0.1) is 10.7 Å². The molecular formula is C15H27N3S. The van der Waals surface area contributed by atoms with Crippen LogP contribution in [0, 0.1) is 19.8 Å². The van der Waals surface area contributed by atoms with Crippen molar-refractivity contribution in [2.75, 3.05) is 19.6 Å². The molecule has 1 aliphatic heterocycles. The SMILES string of the molecule is Cc1nc(C)c(CN(CC(C)C)CC2CCCN2)s1. The summed E-state index contributed by atoms with van der Waals surface area (Å²) in [6.45, 7) is 13.5. The monoisotopic (exact) mass is 281 g/mol. The standard InChI is InChI=1S/C15H27N3S/c1-11(2)8-18(9-14-6-5-7-16-14)10-15-12(3)17-13(4)19-15/h11,14,16H,5-10H2,1-4H3. The van der Waals surface area contributed by atoms with Crippen LogP contribution in [0.5, 0.6) is 0 Å². The lowest BCUT2D eigenvalue weighted by atomic mass is 10.1. The quantitative estimate of drug-likeness (QED) is 0.869. The second-order valence-corrected chi connectivity index (χ2v) is 7.41. The van der Waals surface area contributed by atoms with Gasteiger partial charge in [0.25, 0.3) is 0 Å². The maximum atomic E-state index is 4.55. The van der Waals surface area contributed by atoms with Crippen LogP contribution in [-0.4, -0.2) is 35.6 Å². The predicted octanol–water partition coefficient (Wildman–Crippen LogP) is 2.97. The molecular weight excluding hydrogens is 254 g/mol. The second kappa shape index (κ2) is 6.82. The molecule has 1 aliphatic rings. The molecule has 19 heavy (non-hydrogen) atoms. The zero-order valence-corrected chi connectivity index (χ0v) is 13.5. The Morgan fingerprint density at radius 1 is 1.42 bits per heavy atom. The Bertz CT molecular complexity index is 394. The Balaban J connectivity index is 1.98. The molecule has 0 amide bonds. The smallest absolute Gasteiger partial charge is 0.0900 e. The van der Waals surface area contributed by atoms with Crippen LogP contribution in [0.25, 0.3) is 0 Å². The molecule has 2 heterocycles. The Hall–Kier alpha value is -0.450. The van der Waals surface area contributed by atoms with Gasteiger partial charge in [0.2, 0.25) is 0 Å². The minimum Gasteiger partial charge on any atom is -0.313 e. The fourth-order valence-corrected chi connectivity index (χ4v) is 3.85. The molecule has 1 atom stereocenters. The van der Waals surface area contributed by atoms with Crippen LogP contribution < -0.4 is 5.32 Å². The number of hydrogen-bond donors (Lipinski definition) is 1. The molecule has 4 heteroatoms. The minimum absolute atomic E-state index is 0.688. The molecule has 0 bridgehead atoms. The lowest BCUT2D eigenvalue weighted by molar-refractivity contribution is 0.217. The number of aryl methyl sites for hydroxylation is 2. The van der Waals surface area contributed by atoms with Crippen LogP contribution in [-0.2, 0) is 6.54 Å². The van der Waals surface area contributed by atoms with Crippen LogP contribution in [0.3, 0.4) is 0 Å². The van der Waals surface area contributed by atoms with E-state index in [0.717, 1.165) is 12.5 Å². The average molecular weight is 281 g/mol. The van der Waals surface area contributed by atoms with E-state index in [1.165, 1.54) is 48.1 Å². The normalized spacial score (nSPS) is 19.8. The Labute approximate surface area is 121 Å². The first kappa shape index (κ1) is 14.9. The summed E-state index contributed by atoms with van der Waals surface area (Å²) in [5.74, 6) is 0.718. The van der Waals surface area contributed by atoms with E-state index < -0.39 is 0 Å². The van der Waals surface area contributed by atoms with Crippen molar-refractivity contribution in [1.82, 2.24) is 15.2 Å². The van der Waals surface area contributed by atoms with E-state index in [4.69, 9.17) is 0 Å². The molecule has 2 rings (SSSR count). The van der Waals surface area contributed by atoms with Crippen molar-refractivity contribution in [3.63, 3.8) is 0 Å². The van der Waals surface area contributed by atoms with Crippen LogP contribution in [0.4, 0.5) is 0 Å². The van der Waals surface area contributed by atoms with Gasteiger partial charge in [-0.15, -0.1) is 11.3 Å². The molecule has 0 radical (unpaired) electrons. The van der Waals surface area contributed by atoms with Crippen molar-refractivity contribution in [3.05, 3.63) is 15.6 Å². The first-order chi connectivity index (χ1) is 9.04. The van der Waals surface area contributed by atoms with Gasteiger partial charge in [-0.2, -0.15) is 0 Å². The fraction of sp³-hybridized carbons (Fsp3) is 0.800. The van der Waals surface area contributed by atoms with Gasteiger partial charge >= 0.3 is 0 Å². The van der Waals surface area contributed by atoms with Crippen LogP contribution in [0.15, 0.2) is 0 Å². The molecule has 0 aliphatic carbocycles. The number of nitrogens with one attached hydrogen (secondary N) is 1. The summed E-state index contributed by atoms with van der Waals surface area (Å²) in [6.07, 6.45) is 2.66. The highest BCUT2D eigenvalue weighted by Gasteiger charge is 2.20. The highest BCUT2D eigenvalue weighted by molar-refractivity contribution is 7.11. The molecule has 108 valence electrons. The summed E-state index contributed by atoms with van der Waals surface area (Å²) in [5.41, 5.74) is 1.22. The Kier molecular flexibility index (Phi) is 5.37. The lowest BCUT2D eigenvalue weighted by Gasteiger charge is -2.27. The lowest BCUT2D eigenvalue weighted by Crippen LogP contribution is -2.38. The molecule has 0 saturated carbocycles. The minimum atomic E-state index is 0.688. The molecule has 1 unspecified atom stereocenters. The maximum absolute atomic E-state index is 4.55. The summed E-state index contributed by atoms with van der Waals surface area (Å²) in [5, 5.41) is 4.80. The van der Waals surface area contributed by atoms with Gasteiger partial charge in [0, 0.05) is 30.6 Å². The molecule has 1 aromatic heterocycles. The number of nitrogens with zero attached hydrogens (tertiary/aromatic N) is 2. The number of thiazole rings is 1. The van der Waals surface area contributed by atoms with Gasteiger partial charge < -0.3 is 5.32 Å². The molecule has 1 saturated heterocycles. The molecule has 1 aromatic rings. The van der Waals surface area contributed by atoms with E-state index in [-0.39, 0.29) is 0 Å². The van der Waals surface area contributed by atoms with Gasteiger partial charge in [-0.25, -0.2) is 4.98 Å². The van der Waals surface area contributed by atoms with Crippen molar-refractivity contribution in [1.29, 1.82) is 0 Å². The first-order valence-corrected chi connectivity index (χ1v) is 8.25. The van der Waals surface area contributed by atoms with Crippen LogP contribution in [0.2, 0.25) is 0 Å². The van der Waals surface area contributed by atoms with Crippen LogP contribution >= 0.6 is 11.3 Å². The van der Waals surface area contributed by atoms with E-state index in [1.54, 1.807) is 0 Å². The molecule has 0 aromatic carbocycles. The number of hydrogen-bond acceptors (Lipinski definition) is 4. The number of rotatable bonds is 6. The van der Waals surface area contributed by atoms with Crippen molar-refractivity contribution in [3.8, 4) is 0 Å². The zero-order chi connectivity index (χ0) is 13.8. The zero-order valence-electron chi connectivity index (χ0n) is 12.7. The summed E-state index contributed by atoms with van der Waals surface area (Å²) in [6, 6.07) is 0.688. The fourth-order valence-electron chi connectivity index (χ4n) is 2.87. The molecule has 3 nitrogen and oxygen atoms in total. The van der Waals surface area contributed by atoms with E-state index in [2.05, 4.69) is 42.9 Å². The average Bonchev–Trinajstić information content (AvgIpc) is 2.89. The molecule has 1 fully saturated rings. The predicted molar refractivity (Wildman–Crippen MR) is 82.7 cm³/mol. The largest absolute Gasteiger partial charge is 0.313 e. The summed E-state index contributed by atoms with van der Waals surface area (Å²) < 4.78 is 0. The highest BCUT2D eigenvalue weighted by Crippen LogP contribution is 2.20. The Morgan fingerprint density at radius 2 is 2.21 bits per heavy atom. The van der Waals surface area contributed by atoms with Gasteiger partial charge in [-0.3, -0.25) is 4.90 Å². The number of aromatic nitrogens is 1. The third-order valence-electron chi connectivity index (χ3n) is 3.63. The van der Waals surface area contributed by atoms with Crippen molar-refractivity contribution >= 4 is 11.3 Å². The third-order valence-corrected chi connectivity index (χ3v) is 4.69. The summed E-state index contributed by atoms with van der Waals surface area (Å²) >= 11 is 1.85. The third kappa shape index (κ3) is 4.55. The maximum Gasteiger partial charge on any atom is 0.0900 e. The highest BCUT2D eigenvalue weighted by atomic mass is 32.1. The summed E-state index contributed by atoms with van der Waals surface area (Å²) in [4.78, 5) is 8.60. The first-order valence-electron chi connectivity index (χ1n) is 7.43. The van der Waals surface area contributed by atoms with Crippen molar-refractivity contribution in [2.45, 2.75) is 53.1 Å². The molecule has 1 N–H and O–H groups in total. The topological polar surface area (TPSA) is 28.2 Å². The van der Waals surface area contributed by atoms with Crippen molar-refractivity contribution < 1.29 is 0 Å². The van der Waals surface area contributed by atoms with Gasteiger partial charge in [0.1, 0.15) is 0 Å². The second-order valence-electron chi connectivity index (χ2n) is 6.12. The summed E-state index contributed by atoms with van der Waals surface area (Å²) in [7, 11) is 0. The van der Waals surface area contributed by atoms with E-state index in [1.807, 2.05) is 11.3 Å². The van der Waals surface area contributed by atoms with E-state index in [9.17, 15) is 0 Å². The van der Waals surface area contributed by atoms with Gasteiger partial charge in [0.15, 0.2) is 0 Å². The van der Waals surface area contributed by atoms with Crippen LogP contribution in [0.1, 0.15) is 42.3 Å². The van der Waals surface area contributed by atoms with E-state index in [0.29, 0.717) is 6.04 Å². The Morgan fingerprint density at radius 3 is 2.74 bits per heavy atom. The van der Waals surface area contributed by atoms with Gasteiger partial charge in [-0.05, 0) is 39.2 Å². The van der Waals surface area contributed by atoms with Gasteiger partial charge in [-0.1, -0.05) is 13.8 Å². The molecule has 0 spiro atoms.